The zero-order valence-electron chi connectivity index (χ0n) is 4.63. The molecule has 0 atom stereocenters. The fourth-order valence-electron chi connectivity index (χ4n) is 0.500. The number of nitrogens with zero attached hydrogens (tertiary/aromatic N) is 2. The molecule has 46 valence electrons. The number of H-pyrrole nitrogens is 1. The Morgan fingerprint density at radius 3 is 3.00 bits per heavy atom. The predicted octanol–water partition coefficient (Wildman–Crippen LogP) is -0.226. The first-order valence-electron chi connectivity index (χ1n) is 2.42. The van der Waals surface area contributed by atoms with Gasteiger partial charge in [-0.3, -0.25) is 5.10 Å². The lowest BCUT2D eigenvalue weighted by atomic mass is 10.4. The van der Waals surface area contributed by atoms with Crippen molar-refractivity contribution in [3.63, 3.8) is 0 Å². The lowest BCUT2D eigenvalue weighted by Gasteiger charge is -1.79. The Balaban J connectivity index is 2.90. The molecular formula is C5H5N3O. The summed E-state index contributed by atoms with van der Waals surface area (Å²) < 4.78 is 0. The molecule has 1 aromatic heterocycles. The molecule has 0 amide bonds. The molecule has 1 aromatic rings. The largest absolute Gasteiger partial charge is 0.390 e. The van der Waals surface area contributed by atoms with Crippen LogP contribution in [0.25, 0.3) is 0 Å². The average Bonchev–Trinajstić information content (AvgIpc) is 2.34. The lowest BCUT2D eigenvalue weighted by molar-refractivity contribution is 0.276. The Bertz CT molecular complexity index is 235. The van der Waals surface area contributed by atoms with Gasteiger partial charge in [-0.15, -0.1) is 0 Å². The van der Waals surface area contributed by atoms with Crippen molar-refractivity contribution < 1.29 is 5.11 Å². The molecule has 4 nitrogen and oxygen atoms in total. The highest BCUT2D eigenvalue weighted by Crippen LogP contribution is 1.95. The number of hydrogen-bond acceptors (Lipinski definition) is 3. The number of nitrogens with one attached hydrogen (secondary N) is 1. The monoisotopic (exact) mass is 123 g/mol. The first-order chi connectivity index (χ1) is 4.36. The summed E-state index contributed by atoms with van der Waals surface area (Å²) >= 11 is 0. The first kappa shape index (κ1) is 5.79. The van der Waals surface area contributed by atoms with Gasteiger partial charge in [-0.25, -0.2) is 0 Å². The van der Waals surface area contributed by atoms with Crippen LogP contribution in [0.1, 0.15) is 11.4 Å². The minimum absolute atomic E-state index is 0.103. The van der Waals surface area contributed by atoms with Crippen molar-refractivity contribution in [2.75, 3.05) is 0 Å². The van der Waals surface area contributed by atoms with Gasteiger partial charge in [0, 0.05) is 0 Å². The predicted molar refractivity (Wildman–Crippen MR) is 29.2 cm³/mol. The highest BCUT2D eigenvalue weighted by molar-refractivity contribution is 5.20. The van der Waals surface area contributed by atoms with Gasteiger partial charge < -0.3 is 5.11 Å². The lowest BCUT2D eigenvalue weighted by Crippen LogP contribution is -1.79. The third-order valence-corrected chi connectivity index (χ3v) is 0.916. The molecule has 1 rings (SSSR count). The third kappa shape index (κ3) is 1.06. The van der Waals surface area contributed by atoms with Crippen molar-refractivity contribution in [1.82, 2.24) is 10.2 Å². The first-order valence-corrected chi connectivity index (χ1v) is 2.42. The summed E-state index contributed by atoms with van der Waals surface area (Å²) in [5.74, 6) is 0. The van der Waals surface area contributed by atoms with Gasteiger partial charge in [0.05, 0.1) is 12.3 Å². The Hall–Kier alpha value is -1.34. The molecule has 0 radical (unpaired) electrons. The van der Waals surface area contributed by atoms with Gasteiger partial charge in [0.1, 0.15) is 6.07 Å². The second kappa shape index (κ2) is 2.29. The quantitative estimate of drug-likeness (QED) is 0.542. The van der Waals surface area contributed by atoms with E-state index in [1.807, 2.05) is 6.07 Å². The smallest absolute Gasteiger partial charge is 0.162 e. The molecule has 0 saturated carbocycles. The van der Waals surface area contributed by atoms with Crippen molar-refractivity contribution in [3.8, 4) is 6.07 Å². The molecule has 0 fully saturated rings. The second-order valence-corrected chi connectivity index (χ2v) is 1.55. The number of nitriles is 1. The van der Waals surface area contributed by atoms with Crippen LogP contribution in [0.3, 0.4) is 0 Å². The van der Waals surface area contributed by atoms with E-state index in [9.17, 15) is 0 Å². The minimum atomic E-state index is -0.103. The van der Waals surface area contributed by atoms with E-state index in [2.05, 4.69) is 10.2 Å². The third-order valence-electron chi connectivity index (χ3n) is 0.916. The van der Waals surface area contributed by atoms with Crippen molar-refractivity contribution >= 4 is 0 Å². The summed E-state index contributed by atoms with van der Waals surface area (Å²) in [5.41, 5.74) is 0.866. The molecule has 2 N–H and O–H groups in total. The van der Waals surface area contributed by atoms with Gasteiger partial charge in [-0.1, -0.05) is 0 Å². The van der Waals surface area contributed by atoms with Crippen molar-refractivity contribution in [2.24, 2.45) is 0 Å². The number of aromatic amines is 1. The maximum Gasteiger partial charge on any atom is 0.162 e. The van der Waals surface area contributed by atoms with Crippen LogP contribution >= 0.6 is 0 Å². The summed E-state index contributed by atoms with van der Waals surface area (Å²) in [6.45, 7) is -0.103. The van der Waals surface area contributed by atoms with E-state index in [1.165, 1.54) is 6.07 Å². The number of aliphatic hydroxyl groups excluding tert-OH is 1. The van der Waals surface area contributed by atoms with Crippen LogP contribution in [0.4, 0.5) is 0 Å². The molecule has 0 bridgehead atoms. The molecule has 0 aromatic carbocycles. The fourth-order valence-corrected chi connectivity index (χ4v) is 0.500. The topological polar surface area (TPSA) is 72.7 Å². The molecular weight excluding hydrogens is 118 g/mol. The molecule has 9 heavy (non-hydrogen) atoms. The van der Waals surface area contributed by atoms with E-state index >= 15 is 0 Å². The van der Waals surface area contributed by atoms with Gasteiger partial charge >= 0.3 is 0 Å². The minimum Gasteiger partial charge on any atom is -0.390 e. The summed E-state index contributed by atoms with van der Waals surface area (Å²) in [7, 11) is 0. The summed E-state index contributed by atoms with van der Waals surface area (Å²) in [4.78, 5) is 0. The van der Waals surface area contributed by atoms with Crippen molar-refractivity contribution in [2.45, 2.75) is 6.61 Å². The molecule has 0 unspecified atom stereocenters. The van der Waals surface area contributed by atoms with Crippen LogP contribution in [0, 0.1) is 11.3 Å². The number of aliphatic hydroxyl groups is 1. The van der Waals surface area contributed by atoms with Gasteiger partial charge in [0.2, 0.25) is 0 Å². The Kier molecular flexibility index (Phi) is 1.47. The SMILES string of the molecule is N#Cc1cc(CO)[nH]n1. The molecule has 0 aliphatic carbocycles. The van der Waals surface area contributed by atoms with Crippen LogP contribution in [0.15, 0.2) is 6.07 Å². The number of aromatic nitrogens is 2. The second-order valence-electron chi connectivity index (χ2n) is 1.55. The number of rotatable bonds is 1. The highest BCUT2D eigenvalue weighted by atomic mass is 16.3. The van der Waals surface area contributed by atoms with Crippen LogP contribution in [0.5, 0.6) is 0 Å². The molecule has 0 spiro atoms. The maximum absolute atomic E-state index is 8.47. The van der Waals surface area contributed by atoms with Gasteiger partial charge in [-0.2, -0.15) is 10.4 Å². The van der Waals surface area contributed by atoms with Crippen molar-refractivity contribution in [3.05, 3.63) is 17.5 Å². The highest BCUT2D eigenvalue weighted by Gasteiger charge is 1.95. The number of hydrogen-bond donors (Lipinski definition) is 2. The maximum atomic E-state index is 8.47. The van der Waals surface area contributed by atoms with E-state index in [4.69, 9.17) is 10.4 Å². The van der Waals surface area contributed by atoms with Crippen LogP contribution in [0.2, 0.25) is 0 Å². The molecule has 0 saturated heterocycles. The standard InChI is InChI=1S/C5H5N3O/c6-2-4-1-5(3-9)8-7-4/h1,9H,3H2,(H,7,8). The average molecular weight is 123 g/mol. The van der Waals surface area contributed by atoms with Crippen LogP contribution in [-0.2, 0) is 6.61 Å². The van der Waals surface area contributed by atoms with Gasteiger partial charge in [0.15, 0.2) is 5.69 Å². The molecule has 0 aliphatic rings. The summed E-state index contributed by atoms with van der Waals surface area (Å²) in [5, 5.41) is 22.7. The van der Waals surface area contributed by atoms with Crippen LogP contribution < -0.4 is 0 Å². The Labute approximate surface area is 51.7 Å². The molecule has 4 heteroatoms. The van der Waals surface area contributed by atoms with E-state index in [-0.39, 0.29) is 6.61 Å². The van der Waals surface area contributed by atoms with E-state index in [0.29, 0.717) is 11.4 Å². The van der Waals surface area contributed by atoms with Crippen molar-refractivity contribution in [1.29, 1.82) is 5.26 Å². The van der Waals surface area contributed by atoms with Gasteiger partial charge in [-0.05, 0) is 6.07 Å². The Morgan fingerprint density at radius 2 is 2.67 bits per heavy atom. The Morgan fingerprint density at radius 1 is 1.89 bits per heavy atom. The fraction of sp³-hybridized carbons (Fsp3) is 0.200. The van der Waals surface area contributed by atoms with Crippen LogP contribution in [-0.4, -0.2) is 15.3 Å². The van der Waals surface area contributed by atoms with E-state index < -0.39 is 0 Å². The zero-order chi connectivity index (χ0) is 6.69. The molecule has 1 heterocycles. The summed E-state index contributed by atoms with van der Waals surface area (Å²) in [6, 6.07) is 3.33. The molecule has 0 aliphatic heterocycles. The van der Waals surface area contributed by atoms with E-state index in [0.717, 1.165) is 0 Å². The normalized spacial score (nSPS) is 8.89. The summed E-state index contributed by atoms with van der Waals surface area (Å²) in [6.07, 6.45) is 0. The van der Waals surface area contributed by atoms with E-state index in [1.54, 1.807) is 0 Å². The van der Waals surface area contributed by atoms with Gasteiger partial charge in [0.25, 0.3) is 0 Å². The zero-order valence-corrected chi connectivity index (χ0v) is 4.63.